The zero-order valence-electron chi connectivity index (χ0n) is 10.4. The quantitative estimate of drug-likeness (QED) is 0.698. The van der Waals surface area contributed by atoms with Crippen LogP contribution in [0.3, 0.4) is 0 Å². The van der Waals surface area contributed by atoms with Crippen molar-refractivity contribution in [3.63, 3.8) is 0 Å². The highest BCUT2D eigenvalue weighted by Crippen LogP contribution is 2.17. The van der Waals surface area contributed by atoms with Gasteiger partial charge in [0.1, 0.15) is 17.3 Å². The van der Waals surface area contributed by atoms with Crippen LogP contribution in [0.1, 0.15) is 0 Å². The van der Waals surface area contributed by atoms with E-state index in [1.54, 1.807) is 29.4 Å². The number of anilines is 2. The first-order chi connectivity index (χ1) is 9.25. The fourth-order valence-electron chi connectivity index (χ4n) is 1.88. The Labute approximate surface area is 109 Å². The summed E-state index contributed by atoms with van der Waals surface area (Å²) in [6.07, 6.45) is 3.41. The van der Waals surface area contributed by atoms with Crippen molar-refractivity contribution in [2.24, 2.45) is 0 Å². The Bertz CT molecular complexity index is 767. The van der Waals surface area contributed by atoms with E-state index in [2.05, 4.69) is 9.97 Å². The molecule has 0 unspecified atom stereocenters. The molecule has 0 saturated carbocycles. The molecule has 0 saturated heterocycles. The van der Waals surface area contributed by atoms with Gasteiger partial charge in [0.15, 0.2) is 0 Å². The fraction of sp³-hybridized carbons (Fsp3) is 0.0714. The van der Waals surface area contributed by atoms with Crippen molar-refractivity contribution in [2.75, 3.05) is 11.9 Å². The smallest absolute Gasteiger partial charge is 0.259 e. The molecule has 94 valence electrons. The molecule has 3 rings (SSSR count). The average Bonchev–Trinajstić information content (AvgIpc) is 2.47. The molecule has 3 heterocycles. The largest absolute Gasteiger partial charge is 0.314 e. The molecule has 3 aromatic heterocycles. The molecule has 0 aliphatic heterocycles. The molecule has 0 amide bonds. The first kappa shape index (κ1) is 11.4. The average molecular weight is 252 g/mol. The number of hydrogen-bond acceptors (Lipinski definition) is 4. The van der Waals surface area contributed by atoms with Crippen molar-refractivity contribution >= 4 is 17.3 Å². The highest BCUT2D eigenvalue weighted by Gasteiger charge is 2.08. The molecule has 0 bridgehead atoms. The lowest BCUT2D eigenvalue weighted by atomic mass is 10.4. The molecular formula is C14H12N4O. The SMILES string of the molecule is CN(c1ccccn1)c1cc(=O)n2ccccc2n1. The molecule has 5 nitrogen and oxygen atoms in total. The van der Waals surface area contributed by atoms with E-state index < -0.39 is 0 Å². The summed E-state index contributed by atoms with van der Waals surface area (Å²) in [5, 5.41) is 0. The lowest BCUT2D eigenvalue weighted by molar-refractivity contribution is 1.01. The van der Waals surface area contributed by atoms with Crippen molar-refractivity contribution < 1.29 is 0 Å². The number of pyridine rings is 2. The molecule has 0 fully saturated rings. The standard InChI is InChI=1S/C14H12N4O/c1-17(11-6-2-4-8-15-11)13-10-14(19)18-9-5-3-7-12(18)16-13/h2-10H,1H3. The van der Waals surface area contributed by atoms with Crippen LogP contribution >= 0.6 is 0 Å². The van der Waals surface area contributed by atoms with Gasteiger partial charge in [0.25, 0.3) is 5.56 Å². The summed E-state index contributed by atoms with van der Waals surface area (Å²) in [6, 6.07) is 12.6. The van der Waals surface area contributed by atoms with Crippen LogP contribution in [0.4, 0.5) is 11.6 Å². The Balaban J connectivity index is 2.14. The monoisotopic (exact) mass is 252 g/mol. The van der Waals surface area contributed by atoms with Crippen molar-refractivity contribution in [3.05, 3.63) is 65.2 Å². The first-order valence-electron chi connectivity index (χ1n) is 5.89. The van der Waals surface area contributed by atoms with Crippen molar-refractivity contribution in [3.8, 4) is 0 Å². The summed E-state index contributed by atoms with van der Waals surface area (Å²) >= 11 is 0. The third kappa shape index (κ3) is 2.06. The maximum Gasteiger partial charge on any atom is 0.259 e. The van der Waals surface area contributed by atoms with Gasteiger partial charge in [-0.1, -0.05) is 12.1 Å². The Hall–Kier alpha value is -2.69. The van der Waals surface area contributed by atoms with Gasteiger partial charge in [0, 0.05) is 25.5 Å². The maximum atomic E-state index is 12.0. The molecule has 0 spiro atoms. The number of fused-ring (bicyclic) bond motifs is 1. The number of hydrogen-bond donors (Lipinski definition) is 0. The van der Waals surface area contributed by atoms with Crippen LogP contribution in [0.15, 0.2) is 59.7 Å². The molecule has 5 heteroatoms. The van der Waals surface area contributed by atoms with Crippen molar-refractivity contribution in [2.45, 2.75) is 0 Å². The van der Waals surface area contributed by atoms with Gasteiger partial charge in [0.2, 0.25) is 0 Å². The van der Waals surface area contributed by atoms with Gasteiger partial charge in [-0.3, -0.25) is 9.20 Å². The first-order valence-corrected chi connectivity index (χ1v) is 5.89. The lowest BCUT2D eigenvalue weighted by Crippen LogP contribution is -2.19. The molecule has 0 aliphatic carbocycles. The van der Waals surface area contributed by atoms with Crippen LogP contribution in [-0.2, 0) is 0 Å². The topological polar surface area (TPSA) is 50.5 Å². The normalized spacial score (nSPS) is 10.6. The fourth-order valence-corrected chi connectivity index (χ4v) is 1.88. The maximum absolute atomic E-state index is 12.0. The Morgan fingerprint density at radius 1 is 1.11 bits per heavy atom. The summed E-state index contributed by atoms with van der Waals surface area (Å²) in [4.78, 5) is 22.5. The molecular weight excluding hydrogens is 240 g/mol. The van der Waals surface area contributed by atoms with E-state index in [1.165, 1.54) is 10.5 Å². The molecule has 0 N–H and O–H groups in total. The number of rotatable bonds is 2. The summed E-state index contributed by atoms with van der Waals surface area (Å²) in [6.45, 7) is 0. The minimum atomic E-state index is -0.108. The van der Waals surface area contributed by atoms with E-state index in [1.807, 2.05) is 31.3 Å². The molecule has 0 aromatic carbocycles. The van der Waals surface area contributed by atoms with E-state index in [-0.39, 0.29) is 5.56 Å². The molecule has 19 heavy (non-hydrogen) atoms. The van der Waals surface area contributed by atoms with Crippen LogP contribution < -0.4 is 10.5 Å². The van der Waals surface area contributed by atoms with Gasteiger partial charge in [-0.15, -0.1) is 0 Å². The highest BCUT2D eigenvalue weighted by molar-refractivity contribution is 5.57. The Kier molecular flexibility index (Phi) is 2.72. The van der Waals surface area contributed by atoms with E-state index in [0.717, 1.165) is 5.82 Å². The van der Waals surface area contributed by atoms with Crippen LogP contribution in [0.2, 0.25) is 0 Å². The minimum Gasteiger partial charge on any atom is -0.314 e. The van der Waals surface area contributed by atoms with E-state index in [0.29, 0.717) is 11.5 Å². The Morgan fingerprint density at radius 3 is 2.74 bits per heavy atom. The highest BCUT2D eigenvalue weighted by atomic mass is 16.1. The van der Waals surface area contributed by atoms with E-state index in [4.69, 9.17) is 0 Å². The van der Waals surface area contributed by atoms with Crippen molar-refractivity contribution in [1.82, 2.24) is 14.4 Å². The van der Waals surface area contributed by atoms with Crippen LogP contribution in [-0.4, -0.2) is 21.4 Å². The van der Waals surface area contributed by atoms with Gasteiger partial charge in [0.05, 0.1) is 0 Å². The third-order valence-corrected chi connectivity index (χ3v) is 2.89. The third-order valence-electron chi connectivity index (χ3n) is 2.89. The van der Waals surface area contributed by atoms with Gasteiger partial charge >= 0.3 is 0 Å². The van der Waals surface area contributed by atoms with Gasteiger partial charge in [-0.05, 0) is 24.3 Å². The summed E-state index contributed by atoms with van der Waals surface area (Å²) in [5.41, 5.74) is 0.510. The van der Waals surface area contributed by atoms with E-state index >= 15 is 0 Å². The molecule has 3 aromatic rings. The van der Waals surface area contributed by atoms with Gasteiger partial charge in [-0.2, -0.15) is 0 Å². The molecule has 0 radical (unpaired) electrons. The second kappa shape index (κ2) is 4.53. The summed E-state index contributed by atoms with van der Waals surface area (Å²) in [7, 11) is 1.84. The molecule has 0 aliphatic rings. The molecule has 0 atom stereocenters. The summed E-state index contributed by atoms with van der Waals surface area (Å²) in [5.74, 6) is 1.32. The van der Waals surface area contributed by atoms with Crippen LogP contribution in [0.5, 0.6) is 0 Å². The lowest BCUT2D eigenvalue weighted by Gasteiger charge is -2.17. The van der Waals surface area contributed by atoms with Crippen LogP contribution in [0, 0.1) is 0 Å². The van der Waals surface area contributed by atoms with Gasteiger partial charge < -0.3 is 4.90 Å². The van der Waals surface area contributed by atoms with Crippen molar-refractivity contribution in [1.29, 1.82) is 0 Å². The van der Waals surface area contributed by atoms with Crippen LogP contribution in [0.25, 0.3) is 5.65 Å². The second-order valence-electron chi connectivity index (χ2n) is 4.13. The van der Waals surface area contributed by atoms with Gasteiger partial charge in [-0.25, -0.2) is 9.97 Å². The van der Waals surface area contributed by atoms with E-state index in [9.17, 15) is 4.79 Å². The second-order valence-corrected chi connectivity index (χ2v) is 4.13. The Morgan fingerprint density at radius 2 is 1.95 bits per heavy atom. The number of nitrogens with zero attached hydrogens (tertiary/aromatic N) is 4. The zero-order valence-corrected chi connectivity index (χ0v) is 10.4. The zero-order chi connectivity index (χ0) is 13.2. The predicted octanol–water partition coefficient (Wildman–Crippen LogP) is 1.86. The predicted molar refractivity (Wildman–Crippen MR) is 73.8 cm³/mol. The minimum absolute atomic E-state index is 0.108. The summed E-state index contributed by atoms with van der Waals surface area (Å²) < 4.78 is 1.51. The number of aromatic nitrogens is 3.